The van der Waals surface area contributed by atoms with Gasteiger partial charge in [0.1, 0.15) is 0 Å². The summed E-state index contributed by atoms with van der Waals surface area (Å²) < 4.78 is 0. The molecule has 0 nitrogen and oxygen atoms in total. The number of rotatable bonds is 30. The Labute approximate surface area is 243 Å². The first-order valence-electron chi connectivity index (χ1n) is 16.6. The van der Waals surface area contributed by atoms with E-state index in [0.29, 0.717) is 5.92 Å². The Morgan fingerprint density at radius 2 is 0.583 bits per heavy atom. The van der Waals surface area contributed by atoms with Crippen molar-refractivity contribution in [2.45, 2.75) is 200 Å². The van der Waals surface area contributed by atoms with Gasteiger partial charge in [0.2, 0.25) is 0 Å². The van der Waals surface area contributed by atoms with Crippen LogP contribution in [0, 0.1) is 5.92 Å². The zero-order valence-electron chi connectivity index (χ0n) is 24.7. The topological polar surface area (TPSA) is 0 Å². The minimum Gasteiger partial charge on any atom is -0.126 e. The van der Waals surface area contributed by atoms with Crippen molar-refractivity contribution in [2.75, 3.05) is 0 Å². The average Bonchev–Trinajstić information content (AvgIpc) is 2.83. The summed E-state index contributed by atoms with van der Waals surface area (Å²) in [5, 5.41) is 0. The maximum absolute atomic E-state index is 6.31. The van der Waals surface area contributed by atoms with E-state index < -0.39 is 6.00 Å². The van der Waals surface area contributed by atoms with E-state index in [2.05, 4.69) is 13.8 Å². The van der Waals surface area contributed by atoms with Gasteiger partial charge in [0.05, 0.1) is 0 Å². The van der Waals surface area contributed by atoms with E-state index >= 15 is 0 Å². The molecule has 1 atom stereocenters. The van der Waals surface area contributed by atoms with Crippen LogP contribution in [0.1, 0.15) is 194 Å². The van der Waals surface area contributed by atoms with Gasteiger partial charge in [-0.25, -0.2) is 0 Å². The molecule has 0 saturated carbocycles. The van der Waals surface area contributed by atoms with Crippen molar-refractivity contribution in [1.29, 1.82) is 0 Å². The van der Waals surface area contributed by atoms with Crippen LogP contribution >= 0.6 is 33.2 Å². The van der Waals surface area contributed by atoms with Crippen molar-refractivity contribution in [3.63, 3.8) is 0 Å². The highest BCUT2D eigenvalue weighted by molar-refractivity contribution is 7.64. The van der Waals surface area contributed by atoms with Crippen LogP contribution in [-0.4, -0.2) is 6.00 Å². The van der Waals surface area contributed by atoms with Crippen LogP contribution in [0.15, 0.2) is 0 Å². The third kappa shape index (κ3) is 31.3. The lowest BCUT2D eigenvalue weighted by Crippen LogP contribution is -2.16. The zero-order chi connectivity index (χ0) is 26.6. The molecule has 0 N–H and O–H groups in total. The molecule has 0 aromatic rings. The molecule has 0 saturated heterocycles. The van der Waals surface area contributed by atoms with E-state index in [1.807, 2.05) is 0 Å². The van der Waals surface area contributed by atoms with Crippen LogP contribution in [-0.2, 0) is 0 Å². The van der Waals surface area contributed by atoms with Crippen molar-refractivity contribution in [2.24, 2.45) is 5.92 Å². The van der Waals surface area contributed by atoms with Gasteiger partial charge in [0.25, 0.3) is 0 Å². The number of hydrogen-bond acceptors (Lipinski definition) is 0. The highest BCUT2D eigenvalue weighted by Gasteiger charge is 2.29. The molecule has 0 amide bonds. The van der Waals surface area contributed by atoms with Crippen LogP contribution in [0.25, 0.3) is 0 Å². The van der Waals surface area contributed by atoms with Gasteiger partial charge in [-0.2, -0.15) is 0 Å². The summed E-state index contributed by atoms with van der Waals surface area (Å²) in [6.45, 7) is 4.59. The van der Waals surface area contributed by atoms with Crippen LogP contribution in [0.2, 0.25) is 6.04 Å². The Balaban J connectivity index is 3.62. The van der Waals surface area contributed by atoms with Gasteiger partial charge in [-0.15, -0.1) is 33.2 Å². The molecule has 0 heterocycles. The summed E-state index contributed by atoms with van der Waals surface area (Å²) in [5.74, 6) is 0.643. The maximum Gasteiger partial charge on any atom is 0.341 e. The number of hydrogen-bond donors (Lipinski definition) is 0. The Bertz CT molecular complexity index is 411. The van der Waals surface area contributed by atoms with E-state index in [1.165, 1.54) is 180 Å². The van der Waals surface area contributed by atoms with Gasteiger partial charge in [0, 0.05) is 0 Å². The predicted molar refractivity (Wildman–Crippen MR) is 172 cm³/mol. The van der Waals surface area contributed by atoms with Gasteiger partial charge in [-0.05, 0) is 12.0 Å². The SMILES string of the molecule is CCCCCCCCCCCCCCCCC(CCCCCCCCCCCCCC)C[Si](Cl)(Cl)Cl. The zero-order valence-corrected chi connectivity index (χ0v) is 28.0. The van der Waals surface area contributed by atoms with Crippen LogP contribution in [0.5, 0.6) is 0 Å². The van der Waals surface area contributed by atoms with Crippen LogP contribution < -0.4 is 0 Å². The fraction of sp³-hybridized carbons (Fsp3) is 1.00. The predicted octanol–water partition coefficient (Wildman–Crippen LogP) is 14.2. The van der Waals surface area contributed by atoms with Crippen molar-refractivity contribution in [1.82, 2.24) is 0 Å². The lowest BCUT2D eigenvalue weighted by molar-refractivity contribution is 0.428. The van der Waals surface area contributed by atoms with Gasteiger partial charge >= 0.3 is 6.00 Å². The third-order valence-electron chi connectivity index (χ3n) is 7.95. The molecule has 36 heavy (non-hydrogen) atoms. The molecule has 0 aromatic heterocycles. The molecule has 4 heteroatoms. The second kappa shape index (κ2) is 29.1. The maximum atomic E-state index is 6.31. The molecule has 0 rings (SSSR count). The standard InChI is InChI=1S/C32H65Cl3Si/c1-3-5-7-9-11-13-15-17-18-20-22-24-26-28-30-32(31-36(33,34)35)29-27-25-23-21-19-16-14-12-10-8-6-4-2/h32H,3-31H2,1-2H3. The highest BCUT2D eigenvalue weighted by atomic mass is 35.8. The second-order valence-corrected chi connectivity index (χ2v) is 20.9. The van der Waals surface area contributed by atoms with Crippen LogP contribution in [0.3, 0.4) is 0 Å². The normalized spacial score (nSPS) is 12.9. The molecule has 0 aliphatic carbocycles. The molecular formula is C32H65Cl3Si. The van der Waals surface area contributed by atoms with E-state index in [-0.39, 0.29) is 0 Å². The van der Waals surface area contributed by atoms with E-state index in [1.54, 1.807) is 0 Å². The first-order chi connectivity index (χ1) is 17.5. The van der Waals surface area contributed by atoms with Crippen molar-refractivity contribution >= 4 is 39.2 Å². The summed E-state index contributed by atoms with van der Waals surface area (Å²) in [7, 11) is 0. The molecular weight excluding hydrogens is 519 g/mol. The molecule has 218 valence electrons. The Morgan fingerprint density at radius 3 is 0.806 bits per heavy atom. The summed E-state index contributed by atoms with van der Waals surface area (Å²) in [5.41, 5.74) is 0. The lowest BCUT2D eigenvalue weighted by Gasteiger charge is -2.20. The molecule has 0 bridgehead atoms. The molecule has 0 radical (unpaired) electrons. The minimum absolute atomic E-state index is 0.643. The number of halogens is 3. The Morgan fingerprint density at radius 1 is 0.361 bits per heavy atom. The summed E-state index contributed by atoms with van der Waals surface area (Å²) in [6.07, 6.45) is 39.3. The van der Waals surface area contributed by atoms with Crippen LogP contribution in [0.4, 0.5) is 0 Å². The molecule has 0 aliphatic heterocycles. The molecule has 0 spiro atoms. The molecule has 0 aliphatic rings. The third-order valence-corrected chi connectivity index (χ3v) is 10.4. The molecule has 0 fully saturated rings. The average molecular weight is 584 g/mol. The summed E-state index contributed by atoms with van der Waals surface area (Å²) in [6, 6.07) is -1.64. The quantitative estimate of drug-likeness (QED) is 0.0448. The summed E-state index contributed by atoms with van der Waals surface area (Å²) >= 11 is 18.9. The first kappa shape index (κ1) is 37.1. The minimum atomic E-state index is -2.51. The second-order valence-electron chi connectivity index (χ2n) is 11.7. The van der Waals surface area contributed by atoms with Gasteiger partial charge < -0.3 is 0 Å². The first-order valence-corrected chi connectivity index (χ1v) is 21.8. The van der Waals surface area contributed by atoms with Gasteiger partial charge in [0.15, 0.2) is 0 Å². The van der Waals surface area contributed by atoms with Gasteiger partial charge in [-0.1, -0.05) is 194 Å². The van der Waals surface area contributed by atoms with E-state index in [4.69, 9.17) is 33.2 Å². The fourth-order valence-corrected chi connectivity index (χ4v) is 8.60. The summed E-state index contributed by atoms with van der Waals surface area (Å²) in [4.78, 5) is 0. The highest BCUT2D eigenvalue weighted by Crippen LogP contribution is 2.34. The smallest absolute Gasteiger partial charge is 0.126 e. The van der Waals surface area contributed by atoms with E-state index in [9.17, 15) is 0 Å². The van der Waals surface area contributed by atoms with Gasteiger partial charge in [-0.3, -0.25) is 0 Å². The Kier molecular flexibility index (Phi) is 30.0. The molecule has 0 aromatic carbocycles. The van der Waals surface area contributed by atoms with E-state index in [0.717, 1.165) is 6.04 Å². The van der Waals surface area contributed by atoms with Crippen molar-refractivity contribution in [3.8, 4) is 0 Å². The fourth-order valence-electron chi connectivity index (χ4n) is 5.58. The Hall–Kier alpha value is 1.09. The lowest BCUT2D eigenvalue weighted by atomic mass is 9.95. The van der Waals surface area contributed by atoms with Crippen molar-refractivity contribution in [3.05, 3.63) is 0 Å². The molecule has 1 unspecified atom stereocenters. The monoisotopic (exact) mass is 582 g/mol. The largest absolute Gasteiger partial charge is 0.341 e. The number of unbranched alkanes of at least 4 members (excludes halogenated alkanes) is 24. The van der Waals surface area contributed by atoms with Crippen molar-refractivity contribution < 1.29 is 0 Å².